The minimum Gasteiger partial charge on any atom is -0.472 e. The van der Waals surface area contributed by atoms with E-state index in [1.54, 1.807) is 19.6 Å². The molecule has 0 radical (unpaired) electrons. The molecule has 2 unspecified atom stereocenters. The van der Waals surface area contributed by atoms with Crippen LogP contribution in [0.2, 0.25) is 0 Å². The second kappa shape index (κ2) is 5.21. The Balaban J connectivity index is 2.10. The van der Waals surface area contributed by atoms with Gasteiger partial charge in [0.25, 0.3) is 0 Å². The van der Waals surface area contributed by atoms with E-state index in [9.17, 15) is 0 Å². The fraction of sp³-hybridized carbons (Fsp3) is 0.692. The Kier molecular flexibility index (Phi) is 3.86. The number of piperidine rings is 1. The van der Waals surface area contributed by atoms with Crippen LogP contribution in [0.5, 0.6) is 0 Å². The molecule has 4 nitrogen and oxygen atoms in total. The average Bonchev–Trinajstić information content (AvgIpc) is 2.84. The van der Waals surface area contributed by atoms with Crippen molar-refractivity contribution in [2.75, 3.05) is 26.7 Å². The van der Waals surface area contributed by atoms with Crippen LogP contribution < -0.4 is 5.73 Å². The van der Waals surface area contributed by atoms with Gasteiger partial charge >= 0.3 is 0 Å². The highest BCUT2D eigenvalue weighted by molar-refractivity contribution is 5.13. The van der Waals surface area contributed by atoms with Crippen molar-refractivity contribution in [2.24, 2.45) is 5.73 Å². The molecule has 1 aromatic heterocycles. The molecular weight excluding hydrogens is 216 g/mol. The maximum atomic E-state index is 5.90. The Morgan fingerprint density at radius 3 is 3.06 bits per heavy atom. The first-order valence-corrected chi connectivity index (χ1v) is 6.20. The van der Waals surface area contributed by atoms with Gasteiger partial charge in [-0.25, -0.2) is 0 Å². The molecule has 1 aliphatic rings. The first-order valence-electron chi connectivity index (χ1n) is 6.20. The normalized spacial score (nSPS) is 28.2. The molecule has 0 aliphatic carbocycles. The van der Waals surface area contributed by atoms with E-state index in [1.807, 2.05) is 6.07 Å². The second-order valence-electron chi connectivity index (χ2n) is 5.04. The van der Waals surface area contributed by atoms with Crippen molar-refractivity contribution >= 4 is 0 Å². The fourth-order valence-electron chi connectivity index (χ4n) is 2.64. The summed E-state index contributed by atoms with van der Waals surface area (Å²) in [6.07, 6.45) is 5.76. The topological polar surface area (TPSA) is 51.6 Å². The van der Waals surface area contributed by atoms with Crippen LogP contribution in [0, 0.1) is 0 Å². The minimum absolute atomic E-state index is 0.0462. The van der Waals surface area contributed by atoms with Gasteiger partial charge in [-0.05, 0) is 32.4 Å². The zero-order valence-corrected chi connectivity index (χ0v) is 10.7. The molecule has 1 aliphatic heterocycles. The third-order valence-electron chi connectivity index (χ3n) is 3.77. The predicted molar refractivity (Wildman–Crippen MR) is 66.7 cm³/mol. The van der Waals surface area contributed by atoms with Crippen LogP contribution in [-0.4, -0.2) is 37.2 Å². The Morgan fingerprint density at radius 2 is 2.47 bits per heavy atom. The average molecular weight is 238 g/mol. The van der Waals surface area contributed by atoms with E-state index in [0.717, 1.165) is 31.5 Å². The van der Waals surface area contributed by atoms with Crippen molar-refractivity contribution in [2.45, 2.75) is 31.4 Å². The number of rotatable bonds is 4. The zero-order chi connectivity index (χ0) is 12.3. The van der Waals surface area contributed by atoms with E-state index < -0.39 is 0 Å². The molecule has 96 valence electrons. The predicted octanol–water partition coefficient (Wildman–Crippen LogP) is 1.78. The van der Waals surface area contributed by atoms with Crippen molar-refractivity contribution in [1.82, 2.24) is 4.90 Å². The molecule has 0 amide bonds. The van der Waals surface area contributed by atoms with E-state index in [2.05, 4.69) is 11.8 Å². The highest BCUT2D eigenvalue weighted by Gasteiger charge is 2.34. The van der Waals surface area contributed by atoms with Crippen LogP contribution in [0.1, 0.15) is 31.4 Å². The van der Waals surface area contributed by atoms with Crippen molar-refractivity contribution < 1.29 is 9.15 Å². The number of hydrogen-bond acceptors (Lipinski definition) is 4. The summed E-state index contributed by atoms with van der Waals surface area (Å²) in [6, 6.07) is 2.24. The number of hydrogen-bond donors (Lipinski definition) is 1. The maximum absolute atomic E-state index is 5.90. The summed E-state index contributed by atoms with van der Waals surface area (Å²) in [4.78, 5) is 2.40. The quantitative estimate of drug-likeness (QED) is 0.868. The first-order chi connectivity index (χ1) is 8.18. The number of nitrogens with zero attached hydrogens (tertiary/aromatic N) is 1. The van der Waals surface area contributed by atoms with Gasteiger partial charge < -0.3 is 14.9 Å². The highest BCUT2D eigenvalue weighted by atomic mass is 16.5. The summed E-state index contributed by atoms with van der Waals surface area (Å²) >= 11 is 0. The lowest BCUT2D eigenvalue weighted by Gasteiger charge is -2.42. The lowest BCUT2D eigenvalue weighted by molar-refractivity contribution is -0.0608. The van der Waals surface area contributed by atoms with E-state index in [0.29, 0.717) is 6.54 Å². The summed E-state index contributed by atoms with van der Waals surface area (Å²) in [5.41, 5.74) is 7.01. The molecule has 0 spiro atoms. The Hall–Kier alpha value is -0.840. The monoisotopic (exact) mass is 238 g/mol. The second-order valence-corrected chi connectivity index (χ2v) is 5.04. The molecule has 1 fully saturated rings. The number of ether oxygens (including phenoxy) is 1. The van der Waals surface area contributed by atoms with Crippen LogP contribution in [0.15, 0.2) is 23.0 Å². The van der Waals surface area contributed by atoms with Crippen molar-refractivity contribution in [3.05, 3.63) is 24.2 Å². The van der Waals surface area contributed by atoms with Crippen molar-refractivity contribution in [1.29, 1.82) is 0 Å². The maximum Gasteiger partial charge on any atom is 0.0950 e. The number of methoxy groups -OCH3 is 1. The van der Waals surface area contributed by atoms with Crippen molar-refractivity contribution in [3.8, 4) is 0 Å². The SMILES string of the molecule is COC1(C)CCCN(C(CN)c2ccoc2)C1. The van der Waals surface area contributed by atoms with E-state index in [1.165, 1.54) is 0 Å². The molecule has 17 heavy (non-hydrogen) atoms. The third-order valence-corrected chi connectivity index (χ3v) is 3.77. The lowest BCUT2D eigenvalue weighted by Crippen LogP contribution is -2.49. The standard InChI is InChI=1S/C13H22N2O2/c1-13(16-2)5-3-6-15(10-13)12(8-14)11-4-7-17-9-11/h4,7,9,12H,3,5-6,8,10,14H2,1-2H3. The molecule has 0 bridgehead atoms. The zero-order valence-electron chi connectivity index (χ0n) is 10.7. The van der Waals surface area contributed by atoms with Gasteiger partial charge in [0.15, 0.2) is 0 Å². The molecule has 2 heterocycles. The highest BCUT2D eigenvalue weighted by Crippen LogP contribution is 2.30. The van der Waals surface area contributed by atoms with Crippen LogP contribution >= 0.6 is 0 Å². The van der Waals surface area contributed by atoms with Gasteiger partial charge in [0, 0.05) is 25.8 Å². The summed E-state index contributed by atoms with van der Waals surface area (Å²) in [6.45, 7) is 4.78. The van der Waals surface area contributed by atoms with Crippen LogP contribution in [0.25, 0.3) is 0 Å². The number of likely N-dealkylation sites (tertiary alicyclic amines) is 1. The third kappa shape index (κ3) is 2.70. The smallest absolute Gasteiger partial charge is 0.0950 e. The first kappa shape index (κ1) is 12.6. The molecule has 1 aromatic rings. The van der Waals surface area contributed by atoms with Crippen LogP contribution in [-0.2, 0) is 4.74 Å². The molecular formula is C13H22N2O2. The summed E-state index contributed by atoms with van der Waals surface area (Å²) < 4.78 is 10.8. The van der Waals surface area contributed by atoms with Crippen molar-refractivity contribution in [3.63, 3.8) is 0 Å². The molecule has 2 N–H and O–H groups in total. The van der Waals surface area contributed by atoms with Gasteiger partial charge in [0.05, 0.1) is 24.2 Å². The van der Waals surface area contributed by atoms with E-state index in [4.69, 9.17) is 14.9 Å². The van der Waals surface area contributed by atoms with Gasteiger partial charge in [-0.2, -0.15) is 0 Å². The van der Waals surface area contributed by atoms with E-state index >= 15 is 0 Å². The molecule has 2 rings (SSSR count). The largest absolute Gasteiger partial charge is 0.472 e. The lowest BCUT2D eigenvalue weighted by atomic mass is 9.92. The van der Waals surface area contributed by atoms with Gasteiger partial charge in [0.2, 0.25) is 0 Å². The van der Waals surface area contributed by atoms with E-state index in [-0.39, 0.29) is 11.6 Å². The Bertz CT molecular complexity index is 339. The fourth-order valence-corrected chi connectivity index (χ4v) is 2.64. The molecule has 2 atom stereocenters. The van der Waals surface area contributed by atoms with Gasteiger partial charge in [-0.15, -0.1) is 0 Å². The Labute approximate surface area is 103 Å². The minimum atomic E-state index is -0.0462. The van der Waals surface area contributed by atoms with Gasteiger partial charge in [0.1, 0.15) is 0 Å². The van der Waals surface area contributed by atoms with Crippen LogP contribution in [0.3, 0.4) is 0 Å². The number of nitrogens with two attached hydrogens (primary N) is 1. The molecule has 4 heteroatoms. The summed E-state index contributed by atoms with van der Waals surface area (Å²) in [7, 11) is 1.79. The van der Waals surface area contributed by atoms with Gasteiger partial charge in [-0.1, -0.05) is 0 Å². The van der Waals surface area contributed by atoms with Crippen LogP contribution in [0.4, 0.5) is 0 Å². The molecule has 0 saturated carbocycles. The Morgan fingerprint density at radius 1 is 1.65 bits per heavy atom. The summed E-state index contributed by atoms with van der Waals surface area (Å²) in [5, 5.41) is 0. The molecule has 1 saturated heterocycles. The summed E-state index contributed by atoms with van der Waals surface area (Å²) in [5.74, 6) is 0. The van der Waals surface area contributed by atoms with Gasteiger partial charge in [-0.3, -0.25) is 4.90 Å². The molecule has 0 aromatic carbocycles. The number of furan rings is 1.